The van der Waals surface area contributed by atoms with Gasteiger partial charge in [0.1, 0.15) is 0 Å². The van der Waals surface area contributed by atoms with Gasteiger partial charge in [0.05, 0.1) is 13.0 Å². The number of carbonyl (C=O) groups excluding carboxylic acids is 2. The first-order valence-corrected chi connectivity index (χ1v) is 7.34. The summed E-state index contributed by atoms with van der Waals surface area (Å²) in [5.74, 6) is 0.667. The van der Waals surface area contributed by atoms with Crippen molar-refractivity contribution in [3.8, 4) is 11.5 Å². The molecule has 0 saturated heterocycles. The third kappa shape index (κ3) is 2.90. The van der Waals surface area contributed by atoms with E-state index in [0.29, 0.717) is 17.1 Å². The van der Waals surface area contributed by atoms with Gasteiger partial charge in [-0.1, -0.05) is 12.1 Å². The maximum atomic E-state index is 12.3. The highest BCUT2D eigenvalue weighted by Gasteiger charge is 2.27. The van der Waals surface area contributed by atoms with E-state index in [1.807, 2.05) is 19.1 Å². The first-order valence-electron chi connectivity index (χ1n) is 7.34. The molecule has 1 heterocycles. The lowest BCUT2D eigenvalue weighted by molar-refractivity contribution is -0.116. The molecular formula is C18H17NO4. The van der Waals surface area contributed by atoms with E-state index in [1.54, 1.807) is 37.4 Å². The largest absolute Gasteiger partial charge is 0.493 e. The molecule has 0 unspecified atom stereocenters. The molecule has 2 aromatic rings. The number of hydrogen-bond acceptors (Lipinski definition) is 4. The minimum atomic E-state index is -0.243. The molecule has 0 saturated carbocycles. The van der Waals surface area contributed by atoms with Crippen LogP contribution in [0.3, 0.4) is 0 Å². The van der Waals surface area contributed by atoms with Crippen LogP contribution in [0.4, 0.5) is 5.69 Å². The van der Waals surface area contributed by atoms with E-state index in [1.165, 1.54) is 0 Å². The van der Waals surface area contributed by atoms with E-state index in [0.717, 1.165) is 11.3 Å². The van der Waals surface area contributed by atoms with Gasteiger partial charge in [-0.15, -0.1) is 0 Å². The molecule has 0 aromatic heterocycles. The van der Waals surface area contributed by atoms with Crippen molar-refractivity contribution in [2.45, 2.75) is 12.8 Å². The minimum absolute atomic E-state index is 0.0464. The van der Waals surface area contributed by atoms with Crippen LogP contribution < -0.4 is 14.8 Å². The number of amides is 1. The van der Waals surface area contributed by atoms with Gasteiger partial charge in [-0.3, -0.25) is 9.59 Å². The number of Topliss-reactive ketones (excluding diaryl/α,β-unsaturated/α-hetero) is 1. The van der Waals surface area contributed by atoms with Gasteiger partial charge >= 0.3 is 0 Å². The van der Waals surface area contributed by atoms with Crippen LogP contribution in [-0.4, -0.2) is 25.4 Å². The van der Waals surface area contributed by atoms with Crippen LogP contribution in [0.15, 0.2) is 42.5 Å². The highest BCUT2D eigenvalue weighted by Crippen LogP contribution is 2.33. The first kappa shape index (κ1) is 15.1. The summed E-state index contributed by atoms with van der Waals surface area (Å²) in [5, 5.41) is 2.79. The van der Waals surface area contributed by atoms with Crippen LogP contribution >= 0.6 is 0 Å². The Hall–Kier alpha value is -2.82. The quantitative estimate of drug-likeness (QED) is 0.862. The molecule has 5 nitrogen and oxygen atoms in total. The number of ketones is 1. The Balaban J connectivity index is 1.73. The zero-order valence-corrected chi connectivity index (χ0v) is 13.0. The standard InChI is InChI=1S/C18H17NO4/c1-11-13-9-12(7-8-14(13)19-18(11)21)15(20)10-23-17-6-4-3-5-16(17)22-2/h3-9,11H,10H2,1-2H3,(H,19,21)/t11-/m0/s1. The van der Waals surface area contributed by atoms with Gasteiger partial charge in [0.2, 0.25) is 5.91 Å². The summed E-state index contributed by atoms with van der Waals surface area (Å²) >= 11 is 0. The zero-order valence-electron chi connectivity index (χ0n) is 13.0. The molecule has 1 amide bonds. The number of ether oxygens (including phenoxy) is 2. The van der Waals surface area contributed by atoms with Gasteiger partial charge in [0.25, 0.3) is 0 Å². The fraction of sp³-hybridized carbons (Fsp3) is 0.222. The maximum absolute atomic E-state index is 12.3. The lowest BCUT2D eigenvalue weighted by Crippen LogP contribution is -2.12. The number of nitrogens with one attached hydrogen (secondary N) is 1. The summed E-state index contributed by atoms with van der Waals surface area (Å²) in [6.45, 7) is 1.73. The van der Waals surface area contributed by atoms with Crippen molar-refractivity contribution in [1.82, 2.24) is 0 Å². The van der Waals surface area contributed by atoms with Crippen LogP contribution in [-0.2, 0) is 4.79 Å². The Kier molecular flexibility index (Phi) is 4.02. The third-order valence-corrected chi connectivity index (χ3v) is 3.92. The lowest BCUT2D eigenvalue weighted by Gasteiger charge is -2.10. The summed E-state index contributed by atoms with van der Waals surface area (Å²) < 4.78 is 10.7. The molecule has 0 spiro atoms. The van der Waals surface area contributed by atoms with Gasteiger partial charge in [0, 0.05) is 11.3 Å². The average molecular weight is 311 g/mol. The number of rotatable bonds is 5. The number of fused-ring (bicyclic) bond motifs is 1. The van der Waals surface area contributed by atoms with Crippen molar-refractivity contribution < 1.29 is 19.1 Å². The first-order chi connectivity index (χ1) is 11.1. The van der Waals surface area contributed by atoms with Crippen LogP contribution in [0.5, 0.6) is 11.5 Å². The molecule has 0 bridgehead atoms. The van der Waals surface area contributed by atoms with E-state index in [-0.39, 0.29) is 24.2 Å². The van der Waals surface area contributed by atoms with Crippen molar-refractivity contribution in [3.63, 3.8) is 0 Å². The van der Waals surface area contributed by atoms with E-state index in [2.05, 4.69) is 5.32 Å². The van der Waals surface area contributed by atoms with Crippen LogP contribution in [0.2, 0.25) is 0 Å². The van der Waals surface area contributed by atoms with E-state index in [9.17, 15) is 9.59 Å². The summed E-state index contributed by atoms with van der Waals surface area (Å²) in [4.78, 5) is 24.0. The topological polar surface area (TPSA) is 64.6 Å². The van der Waals surface area contributed by atoms with Gasteiger partial charge < -0.3 is 14.8 Å². The van der Waals surface area contributed by atoms with Gasteiger partial charge in [0.15, 0.2) is 23.9 Å². The Labute approximate surface area is 134 Å². The summed E-state index contributed by atoms with van der Waals surface area (Å²) in [7, 11) is 1.55. The number of hydrogen-bond donors (Lipinski definition) is 1. The van der Waals surface area contributed by atoms with Crippen molar-refractivity contribution in [2.75, 3.05) is 19.0 Å². The molecule has 23 heavy (non-hydrogen) atoms. The average Bonchev–Trinajstić information content (AvgIpc) is 2.87. The second kappa shape index (κ2) is 6.12. The smallest absolute Gasteiger partial charge is 0.231 e. The molecule has 1 aliphatic rings. The summed E-state index contributed by atoms with van der Waals surface area (Å²) in [5.41, 5.74) is 2.14. The fourth-order valence-corrected chi connectivity index (χ4v) is 2.56. The Morgan fingerprint density at radius 1 is 1.17 bits per heavy atom. The highest BCUT2D eigenvalue weighted by molar-refractivity contribution is 6.05. The predicted molar refractivity (Wildman–Crippen MR) is 86.3 cm³/mol. The molecule has 118 valence electrons. The Morgan fingerprint density at radius 2 is 1.91 bits per heavy atom. The number of para-hydroxylation sites is 2. The number of carbonyl (C=O) groups is 2. The Morgan fingerprint density at radius 3 is 2.65 bits per heavy atom. The molecule has 2 aromatic carbocycles. The van der Waals surface area contributed by atoms with Crippen LogP contribution in [0.1, 0.15) is 28.8 Å². The van der Waals surface area contributed by atoms with E-state index >= 15 is 0 Å². The van der Waals surface area contributed by atoms with E-state index in [4.69, 9.17) is 9.47 Å². The normalized spacial score (nSPS) is 15.7. The molecule has 0 radical (unpaired) electrons. The van der Waals surface area contributed by atoms with Crippen LogP contribution in [0.25, 0.3) is 0 Å². The molecule has 1 aliphatic heterocycles. The Bertz CT molecular complexity index is 769. The number of anilines is 1. The highest BCUT2D eigenvalue weighted by atomic mass is 16.5. The van der Waals surface area contributed by atoms with Crippen molar-refractivity contribution in [2.24, 2.45) is 0 Å². The SMILES string of the molecule is COc1ccccc1OCC(=O)c1ccc2c(c1)[C@H](C)C(=O)N2. The number of benzene rings is 2. The van der Waals surface area contributed by atoms with Crippen molar-refractivity contribution in [3.05, 3.63) is 53.6 Å². The third-order valence-electron chi connectivity index (χ3n) is 3.92. The second-order valence-electron chi connectivity index (χ2n) is 5.38. The predicted octanol–water partition coefficient (Wildman–Crippen LogP) is 3.01. The van der Waals surface area contributed by atoms with Gasteiger partial charge in [-0.2, -0.15) is 0 Å². The summed E-state index contributed by atoms with van der Waals surface area (Å²) in [6, 6.07) is 12.4. The van der Waals surface area contributed by atoms with Crippen molar-refractivity contribution in [1.29, 1.82) is 0 Å². The van der Waals surface area contributed by atoms with Gasteiger partial charge in [-0.25, -0.2) is 0 Å². The van der Waals surface area contributed by atoms with Gasteiger partial charge in [-0.05, 0) is 42.8 Å². The molecule has 1 atom stereocenters. The molecule has 1 N–H and O–H groups in total. The molecule has 5 heteroatoms. The minimum Gasteiger partial charge on any atom is -0.493 e. The molecule has 0 aliphatic carbocycles. The monoisotopic (exact) mass is 311 g/mol. The molecular weight excluding hydrogens is 294 g/mol. The fourth-order valence-electron chi connectivity index (χ4n) is 2.56. The lowest BCUT2D eigenvalue weighted by atomic mass is 9.99. The maximum Gasteiger partial charge on any atom is 0.231 e. The molecule has 3 rings (SSSR count). The second-order valence-corrected chi connectivity index (χ2v) is 5.38. The molecule has 0 fully saturated rings. The summed E-state index contributed by atoms with van der Waals surface area (Å²) in [6.07, 6.45) is 0. The van der Waals surface area contributed by atoms with Crippen LogP contribution in [0, 0.1) is 0 Å². The zero-order chi connectivity index (χ0) is 16.4. The van der Waals surface area contributed by atoms with Crippen molar-refractivity contribution >= 4 is 17.4 Å². The van der Waals surface area contributed by atoms with E-state index < -0.39 is 0 Å². The number of methoxy groups -OCH3 is 1.